The summed E-state index contributed by atoms with van der Waals surface area (Å²) >= 11 is 0. The Kier molecular flexibility index (Phi) is 4.20. The molecule has 0 bridgehead atoms. The number of carbonyl (C=O) groups is 1. The quantitative estimate of drug-likeness (QED) is 0.822. The van der Waals surface area contributed by atoms with Gasteiger partial charge in [-0.1, -0.05) is 19.1 Å². The lowest BCUT2D eigenvalue weighted by molar-refractivity contribution is -0.142. The van der Waals surface area contributed by atoms with Crippen molar-refractivity contribution in [1.29, 1.82) is 0 Å². The molecule has 4 nitrogen and oxygen atoms in total. The van der Waals surface area contributed by atoms with E-state index in [1.165, 1.54) is 12.7 Å². The Labute approximate surface area is 107 Å². The third-order valence-corrected chi connectivity index (χ3v) is 3.21. The van der Waals surface area contributed by atoms with Crippen LogP contribution in [0.2, 0.25) is 0 Å². The van der Waals surface area contributed by atoms with Crippen LogP contribution in [-0.4, -0.2) is 31.8 Å². The molecule has 2 rings (SSSR count). The number of carbonyl (C=O) groups excluding carboxylic acids is 1. The predicted octanol–water partition coefficient (Wildman–Crippen LogP) is 1.53. The van der Waals surface area contributed by atoms with Gasteiger partial charge >= 0.3 is 5.97 Å². The molecule has 1 aromatic carbocycles. The fraction of sp³-hybridized carbons (Fsp3) is 0.500. The second-order valence-corrected chi connectivity index (χ2v) is 4.46. The SMILES string of the molecule is CCc1ccc(OC2CNC(C(=O)OC)C2)cc1. The molecule has 1 heterocycles. The fourth-order valence-electron chi connectivity index (χ4n) is 2.11. The highest BCUT2D eigenvalue weighted by molar-refractivity contribution is 5.76. The van der Waals surface area contributed by atoms with Gasteiger partial charge in [0.2, 0.25) is 0 Å². The van der Waals surface area contributed by atoms with Crippen LogP contribution in [0.5, 0.6) is 5.75 Å². The number of nitrogens with one attached hydrogen (secondary N) is 1. The highest BCUT2D eigenvalue weighted by Crippen LogP contribution is 2.18. The minimum Gasteiger partial charge on any atom is -0.489 e. The monoisotopic (exact) mass is 249 g/mol. The standard InChI is InChI=1S/C14H19NO3/c1-3-10-4-6-11(7-5-10)18-12-8-13(15-9-12)14(16)17-2/h4-7,12-13,15H,3,8-9H2,1-2H3. The maximum atomic E-state index is 11.4. The number of hydrogen-bond acceptors (Lipinski definition) is 4. The first kappa shape index (κ1) is 12.9. The largest absolute Gasteiger partial charge is 0.489 e. The van der Waals surface area contributed by atoms with E-state index in [4.69, 9.17) is 9.47 Å². The maximum Gasteiger partial charge on any atom is 0.323 e. The summed E-state index contributed by atoms with van der Waals surface area (Å²) in [6.07, 6.45) is 1.71. The second-order valence-electron chi connectivity index (χ2n) is 4.46. The molecular formula is C14H19NO3. The third kappa shape index (κ3) is 3.01. The summed E-state index contributed by atoms with van der Waals surface area (Å²) in [4.78, 5) is 11.4. The van der Waals surface area contributed by atoms with Crippen LogP contribution in [0.1, 0.15) is 18.9 Å². The highest BCUT2D eigenvalue weighted by atomic mass is 16.5. The number of hydrogen-bond donors (Lipinski definition) is 1. The molecule has 18 heavy (non-hydrogen) atoms. The molecular weight excluding hydrogens is 230 g/mol. The van der Waals surface area contributed by atoms with E-state index in [1.54, 1.807) is 0 Å². The average Bonchev–Trinajstić information content (AvgIpc) is 2.87. The molecule has 0 aromatic heterocycles. The van der Waals surface area contributed by atoms with E-state index in [0.29, 0.717) is 13.0 Å². The Balaban J connectivity index is 1.89. The van der Waals surface area contributed by atoms with Crippen molar-refractivity contribution in [3.05, 3.63) is 29.8 Å². The Morgan fingerprint density at radius 1 is 1.39 bits per heavy atom. The Morgan fingerprint density at radius 2 is 2.11 bits per heavy atom. The lowest BCUT2D eigenvalue weighted by Crippen LogP contribution is -2.31. The summed E-state index contributed by atoms with van der Waals surface area (Å²) in [5, 5.41) is 3.10. The molecule has 0 spiro atoms. The number of rotatable bonds is 4. The number of esters is 1. The summed E-state index contributed by atoms with van der Waals surface area (Å²) < 4.78 is 10.5. The number of aryl methyl sites for hydroxylation is 1. The van der Waals surface area contributed by atoms with Crippen molar-refractivity contribution in [1.82, 2.24) is 5.32 Å². The molecule has 1 N–H and O–H groups in total. The Morgan fingerprint density at radius 3 is 2.72 bits per heavy atom. The van der Waals surface area contributed by atoms with Gasteiger partial charge in [-0.2, -0.15) is 0 Å². The Hall–Kier alpha value is -1.55. The maximum absolute atomic E-state index is 11.4. The van der Waals surface area contributed by atoms with Gasteiger partial charge < -0.3 is 14.8 Å². The van der Waals surface area contributed by atoms with Crippen LogP contribution in [0.15, 0.2) is 24.3 Å². The van der Waals surface area contributed by atoms with Gasteiger partial charge in [0, 0.05) is 13.0 Å². The molecule has 0 amide bonds. The summed E-state index contributed by atoms with van der Waals surface area (Å²) in [5.41, 5.74) is 1.29. The number of benzene rings is 1. The van der Waals surface area contributed by atoms with Crippen LogP contribution in [0.25, 0.3) is 0 Å². The van der Waals surface area contributed by atoms with Gasteiger partial charge in [0.05, 0.1) is 7.11 Å². The molecule has 98 valence electrons. The summed E-state index contributed by atoms with van der Waals surface area (Å²) in [6.45, 7) is 2.80. The molecule has 0 aliphatic carbocycles. The van der Waals surface area contributed by atoms with Crippen molar-refractivity contribution in [3.8, 4) is 5.75 Å². The van der Waals surface area contributed by atoms with Crippen LogP contribution in [-0.2, 0) is 16.0 Å². The zero-order valence-corrected chi connectivity index (χ0v) is 10.8. The van der Waals surface area contributed by atoms with Crippen molar-refractivity contribution in [2.45, 2.75) is 31.9 Å². The molecule has 2 unspecified atom stereocenters. The summed E-state index contributed by atoms with van der Waals surface area (Å²) in [6, 6.07) is 7.84. The molecule has 1 fully saturated rings. The van der Waals surface area contributed by atoms with Crippen LogP contribution >= 0.6 is 0 Å². The number of ether oxygens (including phenoxy) is 2. The lowest BCUT2D eigenvalue weighted by Gasteiger charge is -2.13. The van der Waals surface area contributed by atoms with Crippen LogP contribution in [0, 0.1) is 0 Å². The smallest absolute Gasteiger partial charge is 0.323 e. The van der Waals surface area contributed by atoms with Crippen molar-refractivity contribution in [2.75, 3.05) is 13.7 Å². The van der Waals surface area contributed by atoms with E-state index < -0.39 is 0 Å². The first-order chi connectivity index (χ1) is 8.72. The second kappa shape index (κ2) is 5.87. The molecule has 1 saturated heterocycles. The van der Waals surface area contributed by atoms with Gasteiger partial charge in [-0.15, -0.1) is 0 Å². The molecule has 0 radical (unpaired) electrons. The van der Waals surface area contributed by atoms with Gasteiger partial charge in [0.1, 0.15) is 17.9 Å². The molecule has 1 aromatic rings. The van der Waals surface area contributed by atoms with E-state index in [1.807, 2.05) is 12.1 Å². The van der Waals surface area contributed by atoms with Crippen molar-refractivity contribution in [3.63, 3.8) is 0 Å². The first-order valence-corrected chi connectivity index (χ1v) is 6.29. The van der Waals surface area contributed by atoms with Gasteiger partial charge in [0.25, 0.3) is 0 Å². The first-order valence-electron chi connectivity index (χ1n) is 6.29. The Bertz CT molecular complexity index is 402. The zero-order chi connectivity index (χ0) is 13.0. The zero-order valence-electron chi connectivity index (χ0n) is 10.8. The van der Waals surface area contributed by atoms with E-state index in [2.05, 4.69) is 24.4 Å². The van der Waals surface area contributed by atoms with E-state index in [-0.39, 0.29) is 18.1 Å². The lowest BCUT2D eigenvalue weighted by atomic mass is 10.1. The van der Waals surface area contributed by atoms with Gasteiger partial charge in [-0.3, -0.25) is 4.79 Å². The van der Waals surface area contributed by atoms with Crippen LogP contribution in [0.3, 0.4) is 0 Å². The summed E-state index contributed by atoms with van der Waals surface area (Å²) in [7, 11) is 1.40. The molecule has 0 saturated carbocycles. The van der Waals surface area contributed by atoms with Crippen LogP contribution < -0.4 is 10.1 Å². The predicted molar refractivity (Wildman–Crippen MR) is 68.7 cm³/mol. The highest BCUT2D eigenvalue weighted by Gasteiger charge is 2.31. The number of methoxy groups -OCH3 is 1. The topological polar surface area (TPSA) is 47.6 Å². The molecule has 4 heteroatoms. The molecule has 1 aliphatic rings. The minimum atomic E-state index is -0.241. The van der Waals surface area contributed by atoms with Crippen LogP contribution in [0.4, 0.5) is 0 Å². The summed E-state index contributed by atoms with van der Waals surface area (Å²) in [5.74, 6) is 0.631. The fourth-order valence-corrected chi connectivity index (χ4v) is 2.11. The van der Waals surface area contributed by atoms with Crippen molar-refractivity contribution < 1.29 is 14.3 Å². The van der Waals surface area contributed by atoms with Gasteiger partial charge in [-0.25, -0.2) is 0 Å². The normalized spacial score (nSPS) is 22.8. The van der Waals surface area contributed by atoms with Crippen molar-refractivity contribution in [2.24, 2.45) is 0 Å². The molecule has 2 atom stereocenters. The van der Waals surface area contributed by atoms with Crippen molar-refractivity contribution >= 4 is 5.97 Å². The van der Waals surface area contributed by atoms with Gasteiger partial charge in [0.15, 0.2) is 0 Å². The van der Waals surface area contributed by atoms with Gasteiger partial charge in [-0.05, 0) is 24.1 Å². The molecule has 1 aliphatic heterocycles. The third-order valence-electron chi connectivity index (χ3n) is 3.21. The van der Waals surface area contributed by atoms with E-state index in [9.17, 15) is 4.79 Å². The average molecular weight is 249 g/mol. The van der Waals surface area contributed by atoms with E-state index >= 15 is 0 Å². The minimum absolute atomic E-state index is 0.0292. The van der Waals surface area contributed by atoms with E-state index in [0.717, 1.165) is 12.2 Å².